The third-order valence-electron chi connectivity index (χ3n) is 3.72. The van der Waals surface area contributed by atoms with Gasteiger partial charge in [-0.15, -0.1) is 0 Å². The van der Waals surface area contributed by atoms with Crippen LogP contribution in [0.3, 0.4) is 0 Å². The first-order valence-corrected chi connectivity index (χ1v) is 7.85. The molecule has 2 unspecified atom stereocenters. The molecule has 0 aliphatic heterocycles. The van der Waals surface area contributed by atoms with E-state index in [1.165, 1.54) is 5.56 Å². The van der Waals surface area contributed by atoms with Gasteiger partial charge in [0, 0.05) is 11.0 Å². The van der Waals surface area contributed by atoms with Gasteiger partial charge in [0.2, 0.25) is 0 Å². The number of carboxylic acids is 1. The molecule has 1 fully saturated rings. The van der Waals surface area contributed by atoms with Crippen LogP contribution in [0.4, 0.5) is 0 Å². The lowest BCUT2D eigenvalue weighted by Crippen LogP contribution is -2.50. The van der Waals surface area contributed by atoms with E-state index in [9.17, 15) is 9.90 Å². The highest BCUT2D eigenvalue weighted by molar-refractivity contribution is 7.99. The minimum Gasteiger partial charge on any atom is -0.480 e. The summed E-state index contributed by atoms with van der Waals surface area (Å²) in [5.41, 5.74) is 0.618. The molecule has 2 rings (SSSR count). The molecule has 0 heterocycles. The second kappa shape index (κ2) is 6.44. The Hall–Kier alpha value is -1.00. The summed E-state index contributed by atoms with van der Waals surface area (Å²) < 4.78 is 0. The van der Waals surface area contributed by atoms with E-state index in [1.807, 2.05) is 36.9 Å². The summed E-state index contributed by atoms with van der Waals surface area (Å²) in [5.74, 6) is 0.269. The molecular formula is C15H21NO2S. The van der Waals surface area contributed by atoms with Crippen molar-refractivity contribution in [3.05, 3.63) is 35.9 Å². The summed E-state index contributed by atoms with van der Waals surface area (Å²) >= 11 is 1.88. The van der Waals surface area contributed by atoms with Crippen LogP contribution in [0.15, 0.2) is 30.3 Å². The second-order valence-electron chi connectivity index (χ2n) is 5.08. The van der Waals surface area contributed by atoms with E-state index < -0.39 is 11.5 Å². The predicted molar refractivity (Wildman–Crippen MR) is 79.4 cm³/mol. The maximum absolute atomic E-state index is 11.5. The molecule has 0 spiro atoms. The van der Waals surface area contributed by atoms with Crippen LogP contribution in [0.1, 0.15) is 31.7 Å². The molecule has 0 amide bonds. The molecule has 2 N–H and O–H groups in total. The fourth-order valence-electron chi connectivity index (χ4n) is 2.70. The minimum atomic E-state index is -0.697. The summed E-state index contributed by atoms with van der Waals surface area (Å²) in [6.07, 6.45) is 2.45. The monoisotopic (exact) mass is 279 g/mol. The van der Waals surface area contributed by atoms with E-state index in [-0.39, 0.29) is 0 Å². The van der Waals surface area contributed by atoms with Crippen LogP contribution in [0.25, 0.3) is 0 Å². The van der Waals surface area contributed by atoms with Gasteiger partial charge >= 0.3 is 5.97 Å². The molecule has 0 saturated heterocycles. The third-order valence-corrected chi connectivity index (χ3v) is 5.10. The molecule has 3 nitrogen and oxygen atoms in total. The number of rotatable bonds is 6. The van der Waals surface area contributed by atoms with Crippen LogP contribution in [-0.4, -0.2) is 28.4 Å². The van der Waals surface area contributed by atoms with Gasteiger partial charge in [-0.25, -0.2) is 0 Å². The van der Waals surface area contributed by atoms with Gasteiger partial charge in [0.1, 0.15) is 5.54 Å². The lowest BCUT2D eigenvalue weighted by Gasteiger charge is -2.25. The molecular weight excluding hydrogens is 258 g/mol. The molecule has 1 aliphatic carbocycles. The third kappa shape index (κ3) is 3.51. The summed E-state index contributed by atoms with van der Waals surface area (Å²) in [5, 5.41) is 13.0. The Morgan fingerprint density at radius 2 is 2.21 bits per heavy atom. The SMILES string of the molecule is CCNC1(C(=O)O)CCC(SCc2ccccc2)C1. The molecule has 4 heteroatoms. The van der Waals surface area contributed by atoms with Crippen molar-refractivity contribution >= 4 is 17.7 Å². The van der Waals surface area contributed by atoms with Crippen LogP contribution in [-0.2, 0) is 10.5 Å². The van der Waals surface area contributed by atoms with E-state index in [1.54, 1.807) is 0 Å². The van der Waals surface area contributed by atoms with E-state index in [0.29, 0.717) is 11.8 Å². The van der Waals surface area contributed by atoms with Crippen molar-refractivity contribution in [1.82, 2.24) is 5.32 Å². The number of thioether (sulfide) groups is 1. The van der Waals surface area contributed by atoms with Crippen molar-refractivity contribution in [3.8, 4) is 0 Å². The van der Waals surface area contributed by atoms with Crippen molar-refractivity contribution in [3.63, 3.8) is 0 Å². The Morgan fingerprint density at radius 3 is 2.84 bits per heavy atom. The fourth-order valence-corrected chi connectivity index (χ4v) is 4.01. The van der Waals surface area contributed by atoms with Crippen LogP contribution >= 0.6 is 11.8 Å². The van der Waals surface area contributed by atoms with Gasteiger partial charge in [-0.3, -0.25) is 4.79 Å². The van der Waals surface area contributed by atoms with Crippen molar-refractivity contribution in [2.24, 2.45) is 0 Å². The Labute approximate surface area is 118 Å². The summed E-state index contributed by atoms with van der Waals surface area (Å²) in [6, 6.07) is 10.4. The molecule has 0 bridgehead atoms. The fraction of sp³-hybridized carbons (Fsp3) is 0.533. The lowest BCUT2D eigenvalue weighted by atomic mass is 9.98. The number of nitrogens with one attached hydrogen (secondary N) is 1. The molecule has 19 heavy (non-hydrogen) atoms. The maximum atomic E-state index is 11.5. The smallest absolute Gasteiger partial charge is 0.323 e. The van der Waals surface area contributed by atoms with Gasteiger partial charge < -0.3 is 10.4 Å². The Kier molecular flexibility index (Phi) is 4.88. The largest absolute Gasteiger partial charge is 0.480 e. The maximum Gasteiger partial charge on any atom is 0.323 e. The van der Waals surface area contributed by atoms with Crippen molar-refractivity contribution in [1.29, 1.82) is 0 Å². The highest BCUT2D eigenvalue weighted by atomic mass is 32.2. The van der Waals surface area contributed by atoms with E-state index in [0.717, 1.165) is 25.0 Å². The van der Waals surface area contributed by atoms with Crippen molar-refractivity contribution in [2.45, 2.75) is 42.7 Å². The van der Waals surface area contributed by atoms with E-state index in [4.69, 9.17) is 0 Å². The number of likely N-dealkylation sites (N-methyl/N-ethyl adjacent to an activating group) is 1. The Bertz CT molecular complexity index is 423. The zero-order valence-electron chi connectivity index (χ0n) is 11.3. The van der Waals surface area contributed by atoms with Gasteiger partial charge in [0.15, 0.2) is 0 Å². The zero-order chi connectivity index (χ0) is 13.7. The highest BCUT2D eigenvalue weighted by Gasteiger charge is 2.44. The van der Waals surface area contributed by atoms with E-state index >= 15 is 0 Å². The Morgan fingerprint density at radius 1 is 1.47 bits per heavy atom. The Balaban J connectivity index is 1.89. The molecule has 2 atom stereocenters. The van der Waals surface area contributed by atoms with Crippen molar-refractivity contribution in [2.75, 3.05) is 6.54 Å². The molecule has 1 aliphatic rings. The quantitative estimate of drug-likeness (QED) is 0.840. The zero-order valence-corrected chi connectivity index (χ0v) is 12.1. The van der Waals surface area contributed by atoms with Crippen LogP contribution in [0.2, 0.25) is 0 Å². The normalized spacial score (nSPS) is 26.5. The van der Waals surface area contributed by atoms with Crippen LogP contribution in [0, 0.1) is 0 Å². The summed E-state index contributed by atoms with van der Waals surface area (Å²) in [4.78, 5) is 11.5. The molecule has 0 aromatic heterocycles. The standard InChI is InChI=1S/C15H21NO2S/c1-2-16-15(14(17)18)9-8-13(10-15)19-11-12-6-4-3-5-7-12/h3-7,13,16H,2,8-11H2,1H3,(H,17,18). The van der Waals surface area contributed by atoms with E-state index in [2.05, 4.69) is 17.4 Å². The topological polar surface area (TPSA) is 49.3 Å². The van der Waals surface area contributed by atoms with Crippen LogP contribution < -0.4 is 5.32 Å². The average molecular weight is 279 g/mol. The first-order chi connectivity index (χ1) is 9.16. The summed E-state index contributed by atoms with van der Waals surface area (Å²) in [7, 11) is 0. The molecule has 104 valence electrons. The highest BCUT2D eigenvalue weighted by Crippen LogP contribution is 2.38. The number of carbonyl (C=O) groups is 1. The van der Waals surface area contributed by atoms with Gasteiger partial charge in [0.05, 0.1) is 0 Å². The average Bonchev–Trinajstić information content (AvgIpc) is 2.83. The molecule has 1 aromatic carbocycles. The van der Waals surface area contributed by atoms with Gasteiger partial charge in [-0.05, 0) is 31.4 Å². The van der Waals surface area contributed by atoms with Gasteiger partial charge in [-0.1, -0.05) is 37.3 Å². The number of aliphatic carboxylic acids is 1. The number of hydrogen-bond donors (Lipinski definition) is 2. The molecule has 0 radical (unpaired) electrons. The lowest BCUT2D eigenvalue weighted by molar-refractivity contribution is -0.144. The van der Waals surface area contributed by atoms with Gasteiger partial charge in [-0.2, -0.15) is 11.8 Å². The first kappa shape index (κ1) is 14.4. The van der Waals surface area contributed by atoms with Gasteiger partial charge in [0.25, 0.3) is 0 Å². The molecule has 1 aromatic rings. The number of hydrogen-bond acceptors (Lipinski definition) is 3. The second-order valence-corrected chi connectivity index (χ2v) is 6.37. The molecule has 1 saturated carbocycles. The summed E-state index contributed by atoms with van der Waals surface area (Å²) in [6.45, 7) is 2.68. The predicted octanol–water partition coefficient (Wildman–Crippen LogP) is 2.91. The number of benzene rings is 1. The first-order valence-electron chi connectivity index (χ1n) is 6.80. The number of carboxylic acid groups (broad SMARTS) is 1. The minimum absolute atomic E-state index is 0.440. The van der Waals surface area contributed by atoms with Crippen LogP contribution in [0.5, 0.6) is 0 Å². The van der Waals surface area contributed by atoms with Crippen molar-refractivity contribution < 1.29 is 9.90 Å².